The molecule has 2 aromatic rings. The van der Waals surface area contributed by atoms with Crippen LogP contribution in [0.4, 0.5) is 5.13 Å². The number of hydrogen-bond donors (Lipinski definition) is 1. The van der Waals surface area contributed by atoms with Crippen LogP contribution in [0.3, 0.4) is 0 Å². The predicted molar refractivity (Wildman–Crippen MR) is 67.0 cm³/mol. The van der Waals surface area contributed by atoms with Gasteiger partial charge in [-0.1, -0.05) is 17.4 Å². The number of esters is 1. The third kappa shape index (κ3) is 1.50. The molecule has 3 rings (SSSR count). The van der Waals surface area contributed by atoms with Crippen LogP contribution in [-0.4, -0.2) is 18.1 Å². The zero-order valence-electron chi connectivity index (χ0n) is 9.40. The Morgan fingerprint density at radius 2 is 2.29 bits per heavy atom. The number of thiazole rings is 1. The van der Waals surface area contributed by atoms with E-state index in [-0.39, 0.29) is 5.97 Å². The number of benzene rings is 1. The van der Waals surface area contributed by atoms with Crippen LogP contribution in [-0.2, 0) is 14.9 Å². The van der Waals surface area contributed by atoms with Gasteiger partial charge in [-0.3, -0.25) is 4.79 Å². The summed E-state index contributed by atoms with van der Waals surface area (Å²) >= 11 is 1.44. The highest BCUT2D eigenvalue weighted by Crippen LogP contribution is 2.49. The van der Waals surface area contributed by atoms with Crippen molar-refractivity contribution < 1.29 is 9.53 Å². The summed E-state index contributed by atoms with van der Waals surface area (Å²) in [5.74, 6) is -0.144. The summed E-state index contributed by atoms with van der Waals surface area (Å²) in [5.41, 5.74) is 7.15. The second-order valence-corrected chi connectivity index (χ2v) is 5.37. The number of fused-ring (bicyclic) bond motifs is 1. The summed E-state index contributed by atoms with van der Waals surface area (Å²) in [6.07, 6.45) is 1.72. The van der Waals surface area contributed by atoms with Crippen LogP contribution in [0, 0.1) is 0 Å². The van der Waals surface area contributed by atoms with Gasteiger partial charge in [0.15, 0.2) is 5.13 Å². The minimum absolute atomic E-state index is 0.144. The number of hydrogen-bond acceptors (Lipinski definition) is 5. The highest BCUT2D eigenvalue weighted by Gasteiger charge is 2.52. The molecule has 1 saturated carbocycles. The fourth-order valence-electron chi connectivity index (χ4n) is 2.17. The molecule has 0 spiro atoms. The molecule has 0 aliphatic heterocycles. The van der Waals surface area contributed by atoms with E-state index in [9.17, 15) is 4.79 Å². The summed E-state index contributed by atoms with van der Waals surface area (Å²) in [4.78, 5) is 16.0. The lowest BCUT2D eigenvalue weighted by atomic mass is 9.96. The van der Waals surface area contributed by atoms with Gasteiger partial charge in [0.1, 0.15) is 0 Å². The molecular formula is C12H12N2O2S. The van der Waals surface area contributed by atoms with E-state index in [1.54, 1.807) is 0 Å². The average molecular weight is 248 g/mol. The van der Waals surface area contributed by atoms with Gasteiger partial charge in [-0.05, 0) is 30.5 Å². The maximum atomic E-state index is 11.8. The second-order valence-electron chi connectivity index (χ2n) is 4.31. The third-order valence-corrected chi connectivity index (χ3v) is 4.13. The quantitative estimate of drug-likeness (QED) is 0.826. The third-order valence-electron chi connectivity index (χ3n) is 3.28. The topological polar surface area (TPSA) is 65.2 Å². The number of nitrogen functional groups attached to an aromatic ring is 1. The van der Waals surface area contributed by atoms with Gasteiger partial charge in [-0.25, -0.2) is 4.98 Å². The Bertz CT molecular complexity index is 602. The zero-order chi connectivity index (χ0) is 12.0. The molecule has 4 nitrogen and oxygen atoms in total. The van der Waals surface area contributed by atoms with Gasteiger partial charge in [-0.2, -0.15) is 0 Å². The van der Waals surface area contributed by atoms with Crippen molar-refractivity contribution in [1.29, 1.82) is 0 Å². The number of carbonyl (C=O) groups excluding carboxylic acids is 1. The van der Waals surface area contributed by atoms with Crippen LogP contribution in [0.2, 0.25) is 0 Å². The molecule has 17 heavy (non-hydrogen) atoms. The molecule has 0 unspecified atom stereocenters. The molecular weight excluding hydrogens is 236 g/mol. The fourth-order valence-corrected chi connectivity index (χ4v) is 2.94. The Kier molecular flexibility index (Phi) is 2.13. The van der Waals surface area contributed by atoms with E-state index in [2.05, 4.69) is 4.98 Å². The van der Waals surface area contributed by atoms with Crippen LogP contribution in [0.5, 0.6) is 0 Å². The van der Waals surface area contributed by atoms with Crippen molar-refractivity contribution in [3.8, 4) is 0 Å². The predicted octanol–water partition coefficient (Wildman–Crippen LogP) is 2.08. The van der Waals surface area contributed by atoms with Crippen LogP contribution >= 0.6 is 11.3 Å². The molecule has 1 aromatic heterocycles. The number of ether oxygens (including phenoxy) is 1. The molecule has 88 valence electrons. The number of aromatic nitrogens is 1. The van der Waals surface area contributed by atoms with Crippen molar-refractivity contribution in [3.63, 3.8) is 0 Å². The molecule has 5 heteroatoms. The van der Waals surface area contributed by atoms with E-state index in [1.165, 1.54) is 18.4 Å². The van der Waals surface area contributed by atoms with Crippen molar-refractivity contribution in [2.45, 2.75) is 18.3 Å². The summed E-state index contributed by atoms with van der Waals surface area (Å²) in [5, 5.41) is 0.556. The molecule has 0 amide bonds. The summed E-state index contributed by atoms with van der Waals surface area (Å²) < 4.78 is 5.90. The van der Waals surface area contributed by atoms with E-state index in [1.807, 2.05) is 18.2 Å². The van der Waals surface area contributed by atoms with E-state index in [0.29, 0.717) is 5.13 Å². The lowest BCUT2D eigenvalue weighted by Crippen LogP contribution is -2.21. The molecule has 1 heterocycles. The molecule has 1 fully saturated rings. The highest BCUT2D eigenvalue weighted by atomic mass is 32.1. The first-order valence-electron chi connectivity index (χ1n) is 5.41. The smallest absolute Gasteiger partial charge is 0.316 e. The largest absolute Gasteiger partial charge is 0.468 e. The van der Waals surface area contributed by atoms with Gasteiger partial charge < -0.3 is 10.5 Å². The monoisotopic (exact) mass is 248 g/mol. The maximum absolute atomic E-state index is 11.8. The Morgan fingerprint density at radius 3 is 2.94 bits per heavy atom. The molecule has 1 aromatic carbocycles. The molecule has 0 saturated heterocycles. The summed E-state index contributed by atoms with van der Waals surface area (Å²) in [6.45, 7) is 0. The van der Waals surface area contributed by atoms with Crippen molar-refractivity contribution in [3.05, 3.63) is 23.8 Å². The number of methoxy groups -OCH3 is 1. The van der Waals surface area contributed by atoms with Crippen molar-refractivity contribution >= 4 is 32.7 Å². The highest BCUT2D eigenvalue weighted by molar-refractivity contribution is 7.22. The molecule has 0 radical (unpaired) electrons. The number of anilines is 1. The SMILES string of the molecule is COC(=O)C1(c2ccc3nc(N)sc3c2)CC1. The minimum Gasteiger partial charge on any atom is -0.468 e. The molecule has 1 aliphatic carbocycles. The van der Waals surface area contributed by atoms with Gasteiger partial charge >= 0.3 is 5.97 Å². The van der Waals surface area contributed by atoms with Gasteiger partial charge in [-0.15, -0.1) is 0 Å². The van der Waals surface area contributed by atoms with Crippen LogP contribution in [0.1, 0.15) is 18.4 Å². The minimum atomic E-state index is -0.415. The first-order valence-corrected chi connectivity index (χ1v) is 6.22. The van der Waals surface area contributed by atoms with Crippen molar-refractivity contribution in [2.75, 3.05) is 12.8 Å². The first-order chi connectivity index (χ1) is 8.15. The molecule has 2 N–H and O–H groups in total. The molecule has 0 bridgehead atoms. The van der Waals surface area contributed by atoms with Gasteiger partial charge in [0.05, 0.1) is 22.7 Å². The first kappa shape index (κ1) is 10.5. The number of rotatable bonds is 2. The second kappa shape index (κ2) is 3.43. The summed E-state index contributed by atoms with van der Waals surface area (Å²) in [6, 6.07) is 5.87. The van der Waals surface area contributed by atoms with E-state index >= 15 is 0 Å². The van der Waals surface area contributed by atoms with Gasteiger partial charge in [0, 0.05) is 0 Å². The van der Waals surface area contributed by atoms with Crippen LogP contribution in [0.15, 0.2) is 18.2 Å². The zero-order valence-corrected chi connectivity index (χ0v) is 10.2. The Labute approximate surface area is 102 Å². The lowest BCUT2D eigenvalue weighted by Gasteiger charge is -2.12. The van der Waals surface area contributed by atoms with Crippen LogP contribution in [0.25, 0.3) is 10.2 Å². The van der Waals surface area contributed by atoms with E-state index < -0.39 is 5.41 Å². The lowest BCUT2D eigenvalue weighted by molar-refractivity contribution is -0.143. The number of carbonyl (C=O) groups is 1. The standard InChI is InChI=1S/C12H12N2O2S/c1-16-10(15)12(4-5-12)7-2-3-8-9(6-7)17-11(13)14-8/h2-3,6H,4-5H2,1H3,(H2,13,14). The maximum Gasteiger partial charge on any atom is 0.316 e. The molecule has 1 aliphatic rings. The van der Waals surface area contributed by atoms with Crippen molar-refractivity contribution in [1.82, 2.24) is 4.98 Å². The van der Waals surface area contributed by atoms with Crippen molar-refractivity contribution in [2.24, 2.45) is 0 Å². The Morgan fingerprint density at radius 1 is 1.53 bits per heavy atom. The normalized spacial score (nSPS) is 17.0. The Balaban J connectivity index is 2.09. The average Bonchev–Trinajstić information content (AvgIpc) is 3.04. The summed E-state index contributed by atoms with van der Waals surface area (Å²) in [7, 11) is 1.44. The fraction of sp³-hybridized carbons (Fsp3) is 0.333. The van der Waals surface area contributed by atoms with Crippen LogP contribution < -0.4 is 5.73 Å². The molecule has 0 atom stereocenters. The van der Waals surface area contributed by atoms with E-state index in [0.717, 1.165) is 28.6 Å². The van der Waals surface area contributed by atoms with E-state index in [4.69, 9.17) is 10.5 Å². The van der Waals surface area contributed by atoms with Gasteiger partial charge in [0.25, 0.3) is 0 Å². The Hall–Kier alpha value is -1.62. The van der Waals surface area contributed by atoms with Gasteiger partial charge in [0.2, 0.25) is 0 Å². The number of nitrogens with two attached hydrogens (primary N) is 1. The number of nitrogens with zero attached hydrogens (tertiary/aromatic N) is 1.